The number of pyridine rings is 1. The SMILES string of the molecule is CC(C)C[C@H](NC(=O)C1O[C@H]1C(=O)NCCc1ccccn1)C(=O)N[C@@H](Cc1ccc(O)cc1)C(N)=O. The molecule has 11 heteroatoms. The molecular formula is C26H33N5O6. The fourth-order valence-electron chi connectivity index (χ4n) is 3.79. The minimum absolute atomic E-state index is 0.0472. The fraction of sp³-hybridized carbons (Fsp3) is 0.423. The lowest BCUT2D eigenvalue weighted by Crippen LogP contribution is -2.54. The summed E-state index contributed by atoms with van der Waals surface area (Å²) in [5.41, 5.74) is 7.01. The van der Waals surface area contributed by atoms with Gasteiger partial charge in [-0.25, -0.2) is 0 Å². The molecular weight excluding hydrogens is 478 g/mol. The fourth-order valence-corrected chi connectivity index (χ4v) is 3.79. The third kappa shape index (κ3) is 8.57. The molecule has 3 rings (SSSR count). The van der Waals surface area contributed by atoms with Crippen LogP contribution in [0.2, 0.25) is 0 Å². The number of aromatic nitrogens is 1. The summed E-state index contributed by atoms with van der Waals surface area (Å²) < 4.78 is 5.27. The van der Waals surface area contributed by atoms with E-state index in [1.807, 2.05) is 26.0 Å². The van der Waals surface area contributed by atoms with Crippen LogP contribution in [-0.4, -0.2) is 64.6 Å². The smallest absolute Gasteiger partial charge is 0.253 e. The van der Waals surface area contributed by atoms with Gasteiger partial charge in [-0.05, 0) is 42.2 Å². The van der Waals surface area contributed by atoms with Gasteiger partial charge in [0, 0.05) is 31.3 Å². The van der Waals surface area contributed by atoms with Crippen molar-refractivity contribution in [3.8, 4) is 5.75 Å². The van der Waals surface area contributed by atoms with E-state index in [-0.39, 0.29) is 18.1 Å². The number of amides is 4. The number of nitrogens with one attached hydrogen (secondary N) is 3. The molecule has 4 amide bonds. The summed E-state index contributed by atoms with van der Waals surface area (Å²) in [6, 6.07) is 9.73. The molecule has 0 radical (unpaired) electrons. The largest absolute Gasteiger partial charge is 0.508 e. The highest BCUT2D eigenvalue weighted by atomic mass is 16.6. The van der Waals surface area contributed by atoms with Crippen LogP contribution in [-0.2, 0) is 36.8 Å². The van der Waals surface area contributed by atoms with Crippen molar-refractivity contribution in [1.82, 2.24) is 20.9 Å². The van der Waals surface area contributed by atoms with Gasteiger partial charge in [-0.2, -0.15) is 0 Å². The van der Waals surface area contributed by atoms with E-state index in [9.17, 15) is 24.3 Å². The molecule has 0 saturated carbocycles. The monoisotopic (exact) mass is 511 g/mol. The maximum atomic E-state index is 13.0. The van der Waals surface area contributed by atoms with Gasteiger partial charge in [-0.3, -0.25) is 24.2 Å². The number of primary amides is 1. The lowest BCUT2D eigenvalue weighted by molar-refractivity contribution is -0.132. The van der Waals surface area contributed by atoms with E-state index in [2.05, 4.69) is 20.9 Å². The van der Waals surface area contributed by atoms with Crippen LogP contribution in [0.15, 0.2) is 48.7 Å². The summed E-state index contributed by atoms with van der Waals surface area (Å²) in [6.45, 7) is 4.12. The molecule has 11 nitrogen and oxygen atoms in total. The molecule has 0 spiro atoms. The first-order chi connectivity index (χ1) is 17.6. The number of carbonyl (C=O) groups is 4. The average molecular weight is 512 g/mol. The quantitative estimate of drug-likeness (QED) is 0.234. The number of nitrogens with zero attached hydrogens (tertiary/aromatic N) is 1. The number of nitrogens with two attached hydrogens (primary N) is 1. The number of epoxide rings is 1. The zero-order chi connectivity index (χ0) is 26.9. The molecule has 0 aliphatic carbocycles. The normalized spacial score (nSPS) is 17.9. The second-order valence-electron chi connectivity index (χ2n) is 9.36. The number of phenolic OH excluding ortho intramolecular Hbond substituents is 1. The minimum atomic E-state index is -1.02. The third-order valence-corrected chi connectivity index (χ3v) is 5.79. The number of hydrogen-bond donors (Lipinski definition) is 5. The minimum Gasteiger partial charge on any atom is -0.508 e. The van der Waals surface area contributed by atoms with Gasteiger partial charge in [-0.15, -0.1) is 0 Å². The third-order valence-electron chi connectivity index (χ3n) is 5.79. The van der Waals surface area contributed by atoms with Crippen molar-refractivity contribution in [3.05, 3.63) is 59.9 Å². The number of phenols is 1. The second-order valence-corrected chi connectivity index (χ2v) is 9.36. The number of ether oxygens (including phenoxy) is 1. The summed E-state index contributed by atoms with van der Waals surface area (Å²) in [5.74, 6) is -2.18. The Kier molecular flexibility index (Phi) is 9.56. The summed E-state index contributed by atoms with van der Waals surface area (Å²) in [4.78, 5) is 54.3. The molecule has 1 aromatic carbocycles. The number of carbonyl (C=O) groups excluding carboxylic acids is 4. The summed E-state index contributed by atoms with van der Waals surface area (Å²) in [7, 11) is 0. The van der Waals surface area contributed by atoms with Crippen LogP contribution in [0.1, 0.15) is 31.5 Å². The molecule has 1 aliphatic heterocycles. The van der Waals surface area contributed by atoms with Crippen LogP contribution >= 0.6 is 0 Å². The van der Waals surface area contributed by atoms with Crippen LogP contribution < -0.4 is 21.7 Å². The van der Waals surface area contributed by atoms with Crippen LogP contribution in [0.25, 0.3) is 0 Å². The van der Waals surface area contributed by atoms with Gasteiger partial charge >= 0.3 is 0 Å². The van der Waals surface area contributed by atoms with Gasteiger partial charge in [0.1, 0.15) is 17.8 Å². The Bertz CT molecular complexity index is 1090. The van der Waals surface area contributed by atoms with Crippen LogP contribution in [0.5, 0.6) is 5.75 Å². The predicted molar refractivity (Wildman–Crippen MR) is 134 cm³/mol. The maximum absolute atomic E-state index is 13.0. The topological polar surface area (TPSA) is 176 Å². The molecule has 4 atom stereocenters. The average Bonchev–Trinajstić information content (AvgIpc) is 3.66. The maximum Gasteiger partial charge on any atom is 0.253 e. The number of aromatic hydroxyl groups is 1. The molecule has 1 fully saturated rings. The van der Waals surface area contributed by atoms with Crippen LogP contribution in [0, 0.1) is 5.92 Å². The lowest BCUT2D eigenvalue weighted by atomic mass is 10.0. The standard InChI is InChI=1S/C26H33N5O6/c1-15(2)13-20(24(34)30-19(23(27)33)14-16-6-8-18(32)9-7-16)31-26(36)22-21(37-22)25(35)29-12-10-17-5-3-4-11-28-17/h3-9,11,15,19-22,32H,10,12-14H2,1-2H3,(H2,27,33)(H,29,35)(H,30,34)(H,31,36)/t19-,20-,21+,22?/m0/s1. The Morgan fingerprint density at radius 1 is 1.00 bits per heavy atom. The van der Waals surface area contributed by atoms with Gasteiger partial charge in [0.05, 0.1) is 0 Å². The summed E-state index contributed by atoms with van der Waals surface area (Å²) in [6.07, 6.45) is 0.703. The first-order valence-electron chi connectivity index (χ1n) is 12.1. The van der Waals surface area contributed by atoms with Crippen molar-refractivity contribution >= 4 is 23.6 Å². The predicted octanol–water partition coefficient (Wildman–Crippen LogP) is -0.0430. The zero-order valence-corrected chi connectivity index (χ0v) is 20.8. The number of rotatable bonds is 13. The van der Waals surface area contributed by atoms with Gasteiger partial charge in [0.25, 0.3) is 11.8 Å². The van der Waals surface area contributed by atoms with E-state index in [0.717, 1.165) is 5.69 Å². The van der Waals surface area contributed by atoms with E-state index in [1.165, 1.54) is 12.1 Å². The van der Waals surface area contributed by atoms with Gasteiger partial charge in [0.15, 0.2) is 12.2 Å². The molecule has 6 N–H and O–H groups in total. The number of hydrogen-bond acceptors (Lipinski definition) is 7. The highest BCUT2D eigenvalue weighted by Gasteiger charge is 2.50. The highest BCUT2D eigenvalue weighted by Crippen LogP contribution is 2.23. The molecule has 198 valence electrons. The molecule has 1 aliphatic rings. The Hall–Kier alpha value is -3.99. The molecule has 0 bridgehead atoms. The lowest BCUT2D eigenvalue weighted by Gasteiger charge is -2.23. The Labute approximate surface area is 215 Å². The Morgan fingerprint density at radius 3 is 2.32 bits per heavy atom. The van der Waals surface area contributed by atoms with Gasteiger partial charge in [0.2, 0.25) is 11.8 Å². The number of benzene rings is 1. The van der Waals surface area contributed by atoms with E-state index in [0.29, 0.717) is 24.9 Å². The van der Waals surface area contributed by atoms with E-state index in [4.69, 9.17) is 10.5 Å². The first kappa shape index (κ1) is 27.6. The Morgan fingerprint density at radius 2 is 1.70 bits per heavy atom. The molecule has 2 heterocycles. The first-order valence-corrected chi connectivity index (χ1v) is 12.1. The second kappa shape index (κ2) is 12.8. The van der Waals surface area contributed by atoms with Crippen molar-refractivity contribution < 1.29 is 29.0 Å². The van der Waals surface area contributed by atoms with Gasteiger partial charge < -0.3 is 31.5 Å². The van der Waals surface area contributed by atoms with Crippen molar-refractivity contribution in [3.63, 3.8) is 0 Å². The molecule has 1 unspecified atom stereocenters. The van der Waals surface area contributed by atoms with E-state index >= 15 is 0 Å². The molecule has 2 aromatic rings. The van der Waals surface area contributed by atoms with Crippen molar-refractivity contribution in [2.45, 2.75) is 57.4 Å². The summed E-state index contributed by atoms with van der Waals surface area (Å²) >= 11 is 0. The van der Waals surface area contributed by atoms with Crippen molar-refractivity contribution in [1.29, 1.82) is 0 Å². The van der Waals surface area contributed by atoms with Crippen LogP contribution in [0.4, 0.5) is 0 Å². The van der Waals surface area contributed by atoms with Crippen LogP contribution in [0.3, 0.4) is 0 Å². The molecule has 37 heavy (non-hydrogen) atoms. The zero-order valence-electron chi connectivity index (χ0n) is 20.8. The highest BCUT2D eigenvalue weighted by molar-refractivity contribution is 5.97. The molecule has 1 aromatic heterocycles. The summed E-state index contributed by atoms with van der Waals surface area (Å²) in [5, 5.41) is 17.4. The van der Waals surface area contributed by atoms with Gasteiger partial charge in [-0.1, -0.05) is 32.0 Å². The van der Waals surface area contributed by atoms with E-state index < -0.39 is 47.9 Å². The van der Waals surface area contributed by atoms with Crippen molar-refractivity contribution in [2.75, 3.05) is 6.54 Å². The molecule has 1 saturated heterocycles. The van der Waals surface area contributed by atoms with E-state index in [1.54, 1.807) is 24.4 Å². The van der Waals surface area contributed by atoms with Crippen molar-refractivity contribution in [2.24, 2.45) is 11.7 Å². The Balaban J connectivity index is 1.53.